The number of hydrogen-bond donors (Lipinski definition) is 2. The van der Waals surface area contributed by atoms with Gasteiger partial charge in [0.15, 0.2) is 0 Å². The number of carbonyl (C=O) groups is 2. The molecule has 3 rings (SSSR count). The average molecular weight is 392 g/mol. The third-order valence-electron chi connectivity index (χ3n) is 4.85. The molecule has 0 bridgehead atoms. The van der Waals surface area contributed by atoms with Gasteiger partial charge in [0.25, 0.3) is 11.8 Å². The Balaban J connectivity index is 0.00000243. The van der Waals surface area contributed by atoms with Gasteiger partial charge >= 0.3 is 0 Å². The maximum atomic E-state index is 13.2. The number of halogens is 3. The quantitative estimate of drug-likeness (QED) is 0.796. The predicted molar refractivity (Wildman–Crippen MR) is 93.4 cm³/mol. The van der Waals surface area contributed by atoms with Gasteiger partial charge in [-0.1, -0.05) is 0 Å². The van der Waals surface area contributed by atoms with Gasteiger partial charge < -0.3 is 10.2 Å². The summed E-state index contributed by atoms with van der Waals surface area (Å²) in [5.41, 5.74) is 0.517. The molecule has 1 aromatic rings. The minimum Gasteiger partial charge on any atom is -0.352 e. The zero-order valence-corrected chi connectivity index (χ0v) is 15.4. The first-order chi connectivity index (χ1) is 11.8. The summed E-state index contributed by atoms with van der Waals surface area (Å²) < 4.78 is 28.0. The maximum Gasteiger partial charge on any atom is 0.262 e. The van der Waals surface area contributed by atoms with Gasteiger partial charge in [0.2, 0.25) is 5.91 Å². The Hall–Kier alpha value is -1.74. The van der Waals surface area contributed by atoms with Crippen molar-refractivity contribution in [2.24, 2.45) is 13.0 Å². The number of aryl methyl sites for hydroxylation is 1. The van der Waals surface area contributed by atoms with Crippen LogP contribution in [0.4, 0.5) is 8.78 Å². The molecule has 7 nitrogen and oxygen atoms in total. The zero-order valence-electron chi connectivity index (χ0n) is 14.6. The number of nitrogens with zero attached hydrogens (tertiary/aromatic N) is 3. The standard InChI is InChI=1S/C16H23F2N5O2.ClH/c1-22-9-12(8-21-22)14(24)19-7-11-2-4-23(5-3-11)15(25)13-6-16(17,18)10-20-13;/h8-9,11,13,20H,2-7,10H2,1H3,(H,19,24);1H. The summed E-state index contributed by atoms with van der Waals surface area (Å²) in [4.78, 5) is 26.0. The Labute approximate surface area is 156 Å². The summed E-state index contributed by atoms with van der Waals surface area (Å²) in [7, 11) is 1.75. The van der Waals surface area contributed by atoms with Crippen molar-refractivity contribution in [3.63, 3.8) is 0 Å². The van der Waals surface area contributed by atoms with Crippen LogP contribution < -0.4 is 10.6 Å². The van der Waals surface area contributed by atoms with Crippen molar-refractivity contribution >= 4 is 24.2 Å². The molecular formula is C16H24ClF2N5O2. The van der Waals surface area contributed by atoms with Crippen LogP contribution in [0.3, 0.4) is 0 Å². The van der Waals surface area contributed by atoms with E-state index in [9.17, 15) is 18.4 Å². The van der Waals surface area contributed by atoms with E-state index in [0.717, 1.165) is 12.8 Å². The molecule has 3 heterocycles. The molecular weight excluding hydrogens is 368 g/mol. The van der Waals surface area contributed by atoms with E-state index < -0.39 is 24.9 Å². The summed E-state index contributed by atoms with van der Waals surface area (Å²) in [6, 6.07) is -0.781. The molecule has 0 aliphatic carbocycles. The Bertz CT molecular complexity index is 646. The molecule has 0 spiro atoms. The van der Waals surface area contributed by atoms with Gasteiger partial charge in [-0.3, -0.25) is 19.6 Å². The van der Waals surface area contributed by atoms with E-state index in [2.05, 4.69) is 15.7 Å². The van der Waals surface area contributed by atoms with Gasteiger partial charge in [-0.15, -0.1) is 12.4 Å². The van der Waals surface area contributed by atoms with Crippen LogP contribution in [-0.2, 0) is 11.8 Å². The fraction of sp³-hybridized carbons (Fsp3) is 0.688. The van der Waals surface area contributed by atoms with Gasteiger partial charge in [0.05, 0.1) is 24.3 Å². The molecule has 2 fully saturated rings. The molecule has 1 unspecified atom stereocenters. The molecule has 0 saturated carbocycles. The van der Waals surface area contributed by atoms with Crippen LogP contribution >= 0.6 is 12.4 Å². The van der Waals surface area contributed by atoms with Crippen LogP contribution in [0.15, 0.2) is 12.4 Å². The first-order valence-electron chi connectivity index (χ1n) is 8.51. The van der Waals surface area contributed by atoms with Crippen molar-refractivity contribution in [1.82, 2.24) is 25.3 Å². The second-order valence-corrected chi connectivity index (χ2v) is 6.87. The lowest BCUT2D eigenvalue weighted by atomic mass is 9.96. The summed E-state index contributed by atoms with van der Waals surface area (Å²) >= 11 is 0. The molecule has 2 N–H and O–H groups in total. The number of hydrogen-bond acceptors (Lipinski definition) is 4. The lowest BCUT2D eigenvalue weighted by Gasteiger charge is -2.33. The molecule has 0 aromatic carbocycles. The zero-order chi connectivity index (χ0) is 18.0. The molecule has 2 amide bonds. The minimum atomic E-state index is -2.80. The summed E-state index contributed by atoms with van der Waals surface area (Å²) in [6.45, 7) is 1.18. The lowest BCUT2D eigenvalue weighted by Crippen LogP contribution is -2.48. The SMILES string of the molecule is Cl.Cn1cc(C(=O)NCC2CCN(C(=O)C3CC(F)(F)CN3)CC2)cn1. The van der Waals surface area contributed by atoms with Gasteiger partial charge in [0.1, 0.15) is 0 Å². The number of likely N-dealkylation sites (tertiary alicyclic amines) is 1. The van der Waals surface area contributed by atoms with Gasteiger partial charge in [-0.05, 0) is 18.8 Å². The number of alkyl halides is 2. The Morgan fingerprint density at radius 1 is 1.38 bits per heavy atom. The number of amides is 2. The third-order valence-corrected chi connectivity index (χ3v) is 4.85. The van der Waals surface area contributed by atoms with E-state index in [1.165, 1.54) is 6.20 Å². The summed E-state index contributed by atoms with van der Waals surface area (Å²) in [6.07, 6.45) is 4.25. The summed E-state index contributed by atoms with van der Waals surface area (Å²) in [5.74, 6) is -2.92. The van der Waals surface area contributed by atoms with Crippen LogP contribution in [0.5, 0.6) is 0 Å². The minimum absolute atomic E-state index is 0. The second kappa shape index (κ2) is 8.30. The monoisotopic (exact) mass is 391 g/mol. The van der Waals surface area contributed by atoms with E-state index in [1.807, 2.05) is 0 Å². The molecule has 0 radical (unpaired) electrons. The molecule has 1 atom stereocenters. The Morgan fingerprint density at radius 3 is 2.62 bits per heavy atom. The summed E-state index contributed by atoms with van der Waals surface area (Å²) in [5, 5.41) is 9.46. The van der Waals surface area contributed by atoms with E-state index in [0.29, 0.717) is 25.2 Å². The topological polar surface area (TPSA) is 79.3 Å². The van der Waals surface area contributed by atoms with E-state index >= 15 is 0 Å². The number of rotatable bonds is 4. The van der Waals surface area contributed by atoms with E-state index in [1.54, 1.807) is 22.8 Å². The number of aromatic nitrogens is 2. The highest BCUT2D eigenvalue weighted by atomic mass is 35.5. The van der Waals surface area contributed by atoms with Crippen LogP contribution in [0.1, 0.15) is 29.6 Å². The molecule has 2 aliphatic rings. The molecule has 26 heavy (non-hydrogen) atoms. The first-order valence-corrected chi connectivity index (χ1v) is 8.51. The highest BCUT2D eigenvalue weighted by Gasteiger charge is 2.43. The van der Waals surface area contributed by atoms with Gasteiger partial charge in [0, 0.05) is 39.3 Å². The second-order valence-electron chi connectivity index (χ2n) is 6.87. The van der Waals surface area contributed by atoms with Gasteiger partial charge in [-0.25, -0.2) is 8.78 Å². The van der Waals surface area contributed by atoms with Crippen LogP contribution in [-0.4, -0.2) is 64.6 Å². The largest absolute Gasteiger partial charge is 0.352 e. The molecule has 2 saturated heterocycles. The van der Waals surface area contributed by atoms with Gasteiger partial charge in [-0.2, -0.15) is 5.10 Å². The van der Waals surface area contributed by atoms with Crippen molar-refractivity contribution in [3.05, 3.63) is 18.0 Å². The molecule has 146 valence electrons. The van der Waals surface area contributed by atoms with Crippen molar-refractivity contribution < 1.29 is 18.4 Å². The number of carbonyl (C=O) groups excluding carboxylic acids is 2. The van der Waals surface area contributed by atoms with Crippen molar-refractivity contribution in [2.75, 3.05) is 26.2 Å². The highest BCUT2D eigenvalue weighted by Crippen LogP contribution is 2.27. The smallest absolute Gasteiger partial charge is 0.262 e. The Morgan fingerprint density at radius 2 is 2.08 bits per heavy atom. The predicted octanol–water partition coefficient (Wildman–Crippen LogP) is 0.808. The number of piperidine rings is 1. The normalized spacial score (nSPS) is 22.7. The Kier molecular flexibility index (Phi) is 6.57. The highest BCUT2D eigenvalue weighted by molar-refractivity contribution is 5.93. The van der Waals surface area contributed by atoms with E-state index in [-0.39, 0.29) is 30.1 Å². The van der Waals surface area contributed by atoms with Crippen LogP contribution in [0.2, 0.25) is 0 Å². The molecule has 10 heteroatoms. The lowest BCUT2D eigenvalue weighted by molar-refractivity contribution is -0.135. The molecule has 1 aromatic heterocycles. The average Bonchev–Trinajstić information content (AvgIpc) is 3.18. The first kappa shape index (κ1) is 20.6. The van der Waals surface area contributed by atoms with E-state index in [4.69, 9.17) is 0 Å². The van der Waals surface area contributed by atoms with Crippen molar-refractivity contribution in [2.45, 2.75) is 31.2 Å². The van der Waals surface area contributed by atoms with Crippen LogP contribution in [0, 0.1) is 5.92 Å². The maximum absolute atomic E-state index is 13.2. The van der Waals surface area contributed by atoms with Crippen molar-refractivity contribution in [1.29, 1.82) is 0 Å². The molecule has 2 aliphatic heterocycles. The fourth-order valence-electron chi connectivity index (χ4n) is 3.35. The third kappa shape index (κ3) is 4.91. The number of nitrogens with one attached hydrogen (secondary N) is 2. The van der Waals surface area contributed by atoms with Crippen LogP contribution in [0.25, 0.3) is 0 Å². The fourth-order valence-corrected chi connectivity index (χ4v) is 3.35. The van der Waals surface area contributed by atoms with Crippen molar-refractivity contribution in [3.8, 4) is 0 Å².